The fraction of sp³-hybridized carbons (Fsp3) is 0.500. The van der Waals surface area contributed by atoms with Crippen LogP contribution in [0.5, 0.6) is 0 Å². The Morgan fingerprint density at radius 3 is 2.62 bits per heavy atom. The van der Waals surface area contributed by atoms with Gasteiger partial charge in [0.2, 0.25) is 6.41 Å². The summed E-state index contributed by atoms with van der Waals surface area (Å²) in [4.78, 5) is 15.2. The van der Waals surface area contributed by atoms with Gasteiger partial charge < -0.3 is 30.1 Å². The van der Waals surface area contributed by atoms with E-state index in [1.807, 2.05) is 24.3 Å². The minimum absolute atomic E-state index is 0.0401. The number of morpholine rings is 1. The number of rotatable bonds is 3. The van der Waals surface area contributed by atoms with Gasteiger partial charge in [-0.2, -0.15) is 0 Å². The van der Waals surface area contributed by atoms with Crippen molar-refractivity contribution in [1.29, 1.82) is 0 Å². The lowest BCUT2D eigenvalue weighted by atomic mass is 10.2. The summed E-state index contributed by atoms with van der Waals surface area (Å²) >= 11 is 0. The number of carbonyl (C=O) groups is 1. The van der Waals surface area contributed by atoms with Crippen LogP contribution < -0.4 is 15.5 Å². The number of nitrogens with zero attached hydrogens (tertiary/aromatic N) is 2. The molecule has 2 saturated heterocycles. The third-order valence-corrected chi connectivity index (χ3v) is 3.72. The molecule has 2 fully saturated rings. The van der Waals surface area contributed by atoms with Crippen LogP contribution in [0.15, 0.2) is 24.3 Å². The molecule has 2 atom stereocenters. The summed E-state index contributed by atoms with van der Waals surface area (Å²) in [7, 11) is 0. The fourth-order valence-corrected chi connectivity index (χ4v) is 2.58. The molecule has 2 heterocycles. The van der Waals surface area contributed by atoms with E-state index in [-0.39, 0.29) is 18.6 Å². The van der Waals surface area contributed by atoms with Gasteiger partial charge in [0.25, 0.3) is 5.91 Å². The average Bonchev–Trinajstić information content (AvgIpc) is 2.89. The maximum absolute atomic E-state index is 11.8. The molecule has 7 nitrogen and oxygen atoms in total. The zero-order chi connectivity index (χ0) is 14.8. The van der Waals surface area contributed by atoms with Gasteiger partial charge in [0.15, 0.2) is 0 Å². The van der Waals surface area contributed by atoms with Gasteiger partial charge in [-0.3, -0.25) is 4.79 Å². The van der Waals surface area contributed by atoms with Gasteiger partial charge in [-0.25, -0.2) is 0 Å². The SMILES string of the molecule is NCC1CN(c2ccc(N3CCOCC3=O)cc2)C(O)O1. The molecule has 0 bridgehead atoms. The van der Waals surface area contributed by atoms with Gasteiger partial charge >= 0.3 is 0 Å². The molecule has 21 heavy (non-hydrogen) atoms. The molecule has 1 amide bonds. The number of anilines is 2. The summed E-state index contributed by atoms with van der Waals surface area (Å²) in [6.45, 7) is 2.15. The molecule has 2 unspecified atom stereocenters. The summed E-state index contributed by atoms with van der Waals surface area (Å²) in [5.41, 5.74) is 7.22. The first-order valence-electron chi connectivity index (χ1n) is 6.97. The monoisotopic (exact) mass is 293 g/mol. The van der Waals surface area contributed by atoms with Gasteiger partial charge in [-0.05, 0) is 24.3 Å². The van der Waals surface area contributed by atoms with Crippen LogP contribution in [0.3, 0.4) is 0 Å². The summed E-state index contributed by atoms with van der Waals surface area (Å²) in [6, 6.07) is 7.45. The van der Waals surface area contributed by atoms with E-state index in [1.54, 1.807) is 9.80 Å². The smallest absolute Gasteiger partial charge is 0.253 e. The van der Waals surface area contributed by atoms with Crippen LogP contribution in [0.1, 0.15) is 0 Å². The molecule has 0 aliphatic carbocycles. The van der Waals surface area contributed by atoms with Gasteiger partial charge in [-0.15, -0.1) is 0 Å². The van der Waals surface area contributed by atoms with Crippen molar-refractivity contribution in [3.8, 4) is 0 Å². The number of nitrogens with two attached hydrogens (primary N) is 1. The van der Waals surface area contributed by atoms with Gasteiger partial charge in [0.1, 0.15) is 6.61 Å². The predicted molar refractivity (Wildman–Crippen MR) is 76.9 cm³/mol. The van der Waals surface area contributed by atoms with Crippen LogP contribution in [0.25, 0.3) is 0 Å². The summed E-state index contributed by atoms with van der Waals surface area (Å²) < 4.78 is 10.4. The highest BCUT2D eigenvalue weighted by Gasteiger charge is 2.30. The first kappa shape index (κ1) is 14.3. The number of ether oxygens (including phenoxy) is 2. The molecular weight excluding hydrogens is 274 g/mol. The Balaban J connectivity index is 1.73. The van der Waals surface area contributed by atoms with Crippen LogP contribution in [-0.2, 0) is 14.3 Å². The van der Waals surface area contributed by atoms with Crippen LogP contribution in [-0.4, -0.2) is 56.4 Å². The van der Waals surface area contributed by atoms with E-state index in [9.17, 15) is 9.90 Å². The van der Waals surface area contributed by atoms with Gasteiger partial charge in [-0.1, -0.05) is 0 Å². The number of benzene rings is 1. The number of hydrogen-bond acceptors (Lipinski definition) is 6. The quantitative estimate of drug-likeness (QED) is 0.780. The van der Waals surface area contributed by atoms with Crippen molar-refractivity contribution in [2.75, 3.05) is 42.6 Å². The van der Waals surface area contributed by atoms with E-state index in [0.717, 1.165) is 11.4 Å². The van der Waals surface area contributed by atoms with Gasteiger partial charge in [0, 0.05) is 24.5 Å². The second-order valence-corrected chi connectivity index (χ2v) is 5.09. The summed E-state index contributed by atoms with van der Waals surface area (Å²) in [5, 5.41) is 9.87. The molecule has 2 aliphatic heterocycles. The first-order valence-corrected chi connectivity index (χ1v) is 6.97. The van der Waals surface area contributed by atoms with Crippen molar-refractivity contribution in [2.45, 2.75) is 12.5 Å². The second-order valence-electron chi connectivity index (χ2n) is 5.09. The summed E-state index contributed by atoms with van der Waals surface area (Å²) in [5.74, 6) is -0.0401. The summed E-state index contributed by atoms with van der Waals surface area (Å²) in [6.07, 6.45) is -1.14. The molecular formula is C14H19N3O4. The van der Waals surface area contributed by atoms with Gasteiger partial charge in [0.05, 0.1) is 19.3 Å². The fourth-order valence-electron chi connectivity index (χ4n) is 2.58. The molecule has 2 aliphatic rings. The maximum Gasteiger partial charge on any atom is 0.253 e. The third kappa shape index (κ3) is 2.86. The highest BCUT2D eigenvalue weighted by atomic mass is 16.6. The molecule has 1 aromatic rings. The van der Waals surface area contributed by atoms with E-state index >= 15 is 0 Å². The predicted octanol–water partition coefficient (Wildman–Crippen LogP) is -0.510. The lowest BCUT2D eigenvalue weighted by molar-refractivity contribution is -0.125. The van der Waals surface area contributed by atoms with E-state index in [2.05, 4.69) is 0 Å². The molecule has 114 valence electrons. The Morgan fingerprint density at radius 2 is 2.00 bits per heavy atom. The van der Waals surface area contributed by atoms with Crippen molar-refractivity contribution in [3.63, 3.8) is 0 Å². The Kier molecular flexibility index (Phi) is 4.07. The molecule has 3 rings (SSSR count). The van der Waals surface area contributed by atoms with E-state index < -0.39 is 6.41 Å². The standard InChI is InChI=1S/C14H19N3O4/c15-7-12-8-17(14(19)21-12)11-3-1-10(2-4-11)16-5-6-20-9-13(16)18/h1-4,12,14,19H,5-9,15H2. The third-order valence-electron chi connectivity index (χ3n) is 3.72. The van der Waals surface area contributed by atoms with Crippen LogP contribution in [0.4, 0.5) is 11.4 Å². The Labute approximate surface area is 122 Å². The Morgan fingerprint density at radius 1 is 1.29 bits per heavy atom. The van der Waals surface area contributed by atoms with E-state index in [1.165, 1.54) is 0 Å². The number of amides is 1. The topological polar surface area (TPSA) is 88.3 Å². The molecule has 0 spiro atoms. The number of aliphatic hydroxyl groups excluding tert-OH is 1. The highest BCUT2D eigenvalue weighted by molar-refractivity contribution is 5.95. The van der Waals surface area contributed by atoms with E-state index in [0.29, 0.717) is 26.2 Å². The lowest BCUT2D eigenvalue weighted by Gasteiger charge is -2.27. The van der Waals surface area contributed by atoms with Crippen molar-refractivity contribution in [3.05, 3.63) is 24.3 Å². The van der Waals surface area contributed by atoms with Crippen molar-refractivity contribution in [2.24, 2.45) is 5.73 Å². The average molecular weight is 293 g/mol. The molecule has 0 aromatic heterocycles. The second kappa shape index (κ2) is 5.98. The van der Waals surface area contributed by atoms with E-state index in [4.69, 9.17) is 15.2 Å². The maximum atomic E-state index is 11.8. The molecule has 7 heteroatoms. The van der Waals surface area contributed by atoms with Crippen molar-refractivity contribution < 1.29 is 19.4 Å². The van der Waals surface area contributed by atoms with Crippen molar-refractivity contribution in [1.82, 2.24) is 0 Å². The Hall–Kier alpha value is -1.67. The largest absolute Gasteiger partial charge is 0.370 e. The lowest BCUT2D eigenvalue weighted by Crippen LogP contribution is -2.41. The van der Waals surface area contributed by atoms with Crippen LogP contribution >= 0.6 is 0 Å². The normalized spacial score (nSPS) is 26.5. The highest BCUT2D eigenvalue weighted by Crippen LogP contribution is 2.26. The molecule has 3 N–H and O–H groups in total. The molecule has 1 aromatic carbocycles. The zero-order valence-electron chi connectivity index (χ0n) is 11.6. The Bertz CT molecular complexity index is 507. The number of carbonyl (C=O) groups excluding carboxylic acids is 1. The minimum Gasteiger partial charge on any atom is -0.370 e. The number of aliphatic hydroxyl groups is 1. The minimum atomic E-state index is -0.977. The number of hydrogen-bond donors (Lipinski definition) is 2. The molecule has 0 radical (unpaired) electrons. The molecule has 0 saturated carbocycles. The van der Waals surface area contributed by atoms with Crippen LogP contribution in [0.2, 0.25) is 0 Å². The zero-order valence-corrected chi connectivity index (χ0v) is 11.6. The van der Waals surface area contributed by atoms with Crippen LogP contribution in [0, 0.1) is 0 Å². The van der Waals surface area contributed by atoms with Crippen molar-refractivity contribution >= 4 is 17.3 Å². The first-order chi connectivity index (χ1) is 10.2.